The predicted molar refractivity (Wildman–Crippen MR) is 150 cm³/mol. The molecule has 2 aliphatic rings. The number of nitrogens with zero attached hydrogens (tertiary/aromatic N) is 5. The first-order chi connectivity index (χ1) is 19.4. The summed E-state index contributed by atoms with van der Waals surface area (Å²) in [6.07, 6.45) is 2.12. The van der Waals surface area contributed by atoms with Gasteiger partial charge >= 0.3 is 0 Å². The van der Waals surface area contributed by atoms with Crippen molar-refractivity contribution in [2.24, 2.45) is 0 Å². The number of piperazine rings is 1. The number of aryl methyl sites for hydroxylation is 1. The summed E-state index contributed by atoms with van der Waals surface area (Å²) in [5.41, 5.74) is 2.48. The first-order valence-corrected chi connectivity index (χ1v) is 13.5. The number of carbonyl (C=O) groups is 1. The summed E-state index contributed by atoms with van der Waals surface area (Å²) in [6, 6.07) is 9.78. The molecule has 2 aliphatic heterocycles. The van der Waals surface area contributed by atoms with E-state index in [2.05, 4.69) is 32.1 Å². The number of likely N-dealkylation sites (tertiary alicyclic amines) is 1. The Labute approximate surface area is 230 Å². The highest BCUT2D eigenvalue weighted by Gasteiger charge is 2.30. The number of aromatic nitrogens is 3. The number of anilines is 3. The van der Waals surface area contributed by atoms with Crippen molar-refractivity contribution < 1.29 is 18.3 Å². The van der Waals surface area contributed by atoms with Gasteiger partial charge in [0.2, 0.25) is 5.88 Å². The van der Waals surface area contributed by atoms with E-state index in [9.17, 15) is 4.79 Å². The van der Waals surface area contributed by atoms with E-state index in [4.69, 9.17) is 4.74 Å². The molecule has 0 bridgehead atoms. The Morgan fingerprint density at radius 3 is 2.55 bits per heavy atom. The minimum atomic E-state index is -0.560. The molecule has 2 N–H and O–H groups in total. The largest absolute Gasteiger partial charge is 0.435 e. The van der Waals surface area contributed by atoms with E-state index in [-0.39, 0.29) is 34.7 Å². The normalized spacial score (nSPS) is 15.8. The number of fused-ring (bicyclic) bond motifs is 1. The van der Waals surface area contributed by atoms with E-state index in [0.29, 0.717) is 35.4 Å². The van der Waals surface area contributed by atoms with Crippen LogP contribution in [-0.2, 0) is 0 Å². The molecular formula is C29H31F2N7O2. The van der Waals surface area contributed by atoms with E-state index in [1.165, 1.54) is 18.5 Å². The van der Waals surface area contributed by atoms with Gasteiger partial charge in [-0.15, -0.1) is 0 Å². The lowest BCUT2D eigenvalue weighted by Crippen LogP contribution is -2.46. The SMILES string of the molecule is CCN1CCN(c2ccc(Nc3ncnc(Oc4ccc5[nH]c(C)cc5c4F)c3C(=O)N3CCC3)cc2F)CC1. The van der Waals surface area contributed by atoms with E-state index in [1.54, 1.807) is 29.2 Å². The van der Waals surface area contributed by atoms with E-state index in [0.717, 1.165) is 44.8 Å². The van der Waals surface area contributed by atoms with Crippen LogP contribution in [0.5, 0.6) is 11.6 Å². The summed E-state index contributed by atoms with van der Waals surface area (Å²) in [4.78, 5) is 31.1. The molecule has 4 aromatic rings. The van der Waals surface area contributed by atoms with Crippen molar-refractivity contribution in [1.29, 1.82) is 0 Å². The summed E-state index contributed by atoms with van der Waals surface area (Å²) in [7, 11) is 0. The van der Waals surface area contributed by atoms with Crippen LogP contribution in [0.25, 0.3) is 10.9 Å². The molecule has 11 heteroatoms. The van der Waals surface area contributed by atoms with Gasteiger partial charge in [-0.2, -0.15) is 0 Å². The topological polar surface area (TPSA) is 89.6 Å². The summed E-state index contributed by atoms with van der Waals surface area (Å²) in [5.74, 6) is -1.25. The number of hydrogen-bond donors (Lipinski definition) is 2. The van der Waals surface area contributed by atoms with Gasteiger partial charge < -0.3 is 29.7 Å². The fourth-order valence-electron chi connectivity index (χ4n) is 5.17. The van der Waals surface area contributed by atoms with Gasteiger partial charge in [0.05, 0.1) is 5.69 Å². The zero-order chi connectivity index (χ0) is 27.8. The maximum atomic E-state index is 15.3. The smallest absolute Gasteiger partial charge is 0.263 e. The second kappa shape index (κ2) is 10.7. The van der Waals surface area contributed by atoms with Crippen LogP contribution in [-0.4, -0.2) is 76.5 Å². The second-order valence-corrected chi connectivity index (χ2v) is 10.2. The highest BCUT2D eigenvalue weighted by Crippen LogP contribution is 2.35. The fourth-order valence-corrected chi connectivity index (χ4v) is 5.17. The van der Waals surface area contributed by atoms with Crippen molar-refractivity contribution in [3.05, 3.63) is 65.6 Å². The predicted octanol–water partition coefficient (Wildman–Crippen LogP) is 5.07. The average Bonchev–Trinajstić information content (AvgIpc) is 3.31. The maximum absolute atomic E-state index is 15.3. The average molecular weight is 548 g/mol. The number of rotatable bonds is 7. The van der Waals surface area contributed by atoms with Gasteiger partial charge in [-0.3, -0.25) is 4.79 Å². The number of amides is 1. The zero-order valence-corrected chi connectivity index (χ0v) is 22.5. The quantitative estimate of drug-likeness (QED) is 0.334. The van der Waals surface area contributed by atoms with Crippen LogP contribution in [0.3, 0.4) is 0 Å². The lowest BCUT2D eigenvalue weighted by atomic mass is 10.1. The molecular weight excluding hydrogens is 516 g/mol. The van der Waals surface area contributed by atoms with Gasteiger partial charge in [-0.1, -0.05) is 6.92 Å². The van der Waals surface area contributed by atoms with Crippen LogP contribution in [0.15, 0.2) is 42.7 Å². The first-order valence-electron chi connectivity index (χ1n) is 13.5. The molecule has 2 saturated heterocycles. The summed E-state index contributed by atoms with van der Waals surface area (Å²) < 4.78 is 36.5. The lowest BCUT2D eigenvalue weighted by molar-refractivity contribution is 0.0649. The van der Waals surface area contributed by atoms with Gasteiger partial charge in [-0.05, 0) is 56.3 Å². The standard InChI is InChI=1S/C29H31F2N7O2/c1-3-36-11-13-37(14-12-36)23-7-5-19(16-21(23)30)35-27-25(29(39)38-9-4-10-38)28(33-17-32-27)40-24-8-6-22-20(26(24)31)15-18(2)34-22/h5-8,15-17,34H,3-4,9-14H2,1-2H3,(H,32,33,35). The Hall–Kier alpha value is -4.25. The molecule has 2 aromatic carbocycles. The Bertz CT molecular complexity index is 1560. The lowest BCUT2D eigenvalue weighted by Gasteiger charge is -2.35. The van der Waals surface area contributed by atoms with Crippen LogP contribution in [0.4, 0.5) is 26.0 Å². The van der Waals surface area contributed by atoms with Crippen molar-refractivity contribution in [3.63, 3.8) is 0 Å². The number of H-pyrrole nitrogens is 1. The Morgan fingerprint density at radius 2 is 1.85 bits per heavy atom. The molecule has 9 nitrogen and oxygen atoms in total. The third kappa shape index (κ3) is 4.92. The number of benzene rings is 2. The number of ether oxygens (including phenoxy) is 1. The van der Waals surface area contributed by atoms with Crippen molar-refractivity contribution in [1.82, 2.24) is 24.8 Å². The number of likely N-dealkylation sites (N-methyl/N-ethyl adjacent to an activating group) is 1. The number of hydrogen-bond acceptors (Lipinski definition) is 7. The highest BCUT2D eigenvalue weighted by atomic mass is 19.1. The third-order valence-corrected chi connectivity index (χ3v) is 7.58. The van der Waals surface area contributed by atoms with Crippen LogP contribution < -0.4 is 15.0 Å². The molecule has 0 atom stereocenters. The fraction of sp³-hybridized carbons (Fsp3) is 0.345. The molecule has 1 amide bonds. The molecule has 208 valence electrons. The Balaban J connectivity index is 1.30. The van der Waals surface area contributed by atoms with E-state index in [1.807, 2.05) is 11.8 Å². The second-order valence-electron chi connectivity index (χ2n) is 10.2. The molecule has 0 saturated carbocycles. The van der Waals surface area contributed by atoms with Crippen LogP contribution in [0.1, 0.15) is 29.4 Å². The Morgan fingerprint density at radius 1 is 1.05 bits per heavy atom. The number of halogens is 2. The van der Waals surface area contributed by atoms with Crippen LogP contribution >= 0.6 is 0 Å². The number of carbonyl (C=O) groups excluding carboxylic acids is 1. The van der Waals surface area contributed by atoms with Crippen molar-refractivity contribution in [2.75, 3.05) is 56.0 Å². The molecule has 0 spiro atoms. The summed E-state index contributed by atoms with van der Waals surface area (Å²) >= 11 is 0. The molecule has 0 unspecified atom stereocenters. The van der Waals surface area contributed by atoms with Crippen molar-refractivity contribution in [3.8, 4) is 11.6 Å². The van der Waals surface area contributed by atoms with Crippen LogP contribution in [0.2, 0.25) is 0 Å². The van der Waals surface area contributed by atoms with Gasteiger partial charge in [0, 0.05) is 61.6 Å². The molecule has 2 fully saturated rings. The van der Waals surface area contributed by atoms with Gasteiger partial charge in [0.25, 0.3) is 5.91 Å². The van der Waals surface area contributed by atoms with Crippen molar-refractivity contribution in [2.45, 2.75) is 20.3 Å². The molecule has 6 rings (SSSR count). The number of nitrogens with one attached hydrogen (secondary N) is 2. The Kier molecular flexibility index (Phi) is 6.97. The van der Waals surface area contributed by atoms with Gasteiger partial charge in [-0.25, -0.2) is 18.7 Å². The molecule has 40 heavy (non-hydrogen) atoms. The molecule has 0 radical (unpaired) electrons. The summed E-state index contributed by atoms with van der Waals surface area (Å²) in [5, 5.41) is 3.45. The molecule has 0 aliphatic carbocycles. The molecule has 2 aromatic heterocycles. The van der Waals surface area contributed by atoms with E-state index < -0.39 is 5.82 Å². The summed E-state index contributed by atoms with van der Waals surface area (Å²) in [6.45, 7) is 9.40. The zero-order valence-electron chi connectivity index (χ0n) is 22.5. The van der Waals surface area contributed by atoms with Crippen molar-refractivity contribution >= 4 is 34.0 Å². The molecule has 4 heterocycles. The maximum Gasteiger partial charge on any atom is 0.263 e. The first kappa shape index (κ1) is 26.0. The van der Waals surface area contributed by atoms with Gasteiger partial charge in [0.1, 0.15) is 17.7 Å². The minimum Gasteiger partial charge on any atom is -0.435 e. The highest BCUT2D eigenvalue weighted by molar-refractivity contribution is 6.02. The van der Waals surface area contributed by atoms with Gasteiger partial charge in [0.15, 0.2) is 17.4 Å². The van der Waals surface area contributed by atoms with E-state index >= 15 is 8.78 Å². The minimum absolute atomic E-state index is 0.0621. The third-order valence-electron chi connectivity index (χ3n) is 7.58. The number of aromatic amines is 1. The van der Waals surface area contributed by atoms with Crippen LogP contribution in [0, 0.1) is 18.6 Å². The monoisotopic (exact) mass is 547 g/mol.